The molecule has 0 unspecified atom stereocenters. The molecule has 1 aliphatic rings. The summed E-state index contributed by atoms with van der Waals surface area (Å²) < 4.78 is 18.4. The van der Waals surface area contributed by atoms with Gasteiger partial charge in [0.1, 0.15) is 11.4 Å². The molecule has 0 spiro atoms. The largest absolute Gasteiger partial charge is 0.444 e. The molecular weight excluding hydrogens is 273 g/mol. The third-order valence-corrected chi connectivity index (χ3v) is 3.59. The second kappa shape index (κ2) is 6.02. The molecule has 0 aromatic heterocycles. The van der Waals surface area contributed by atoms with E-state index in [-0.39, 0.29) is 24.4 Å². The maximum atomic E-state index is 13.0. The summed E-state index contributed by atoms with van der Waals surface area (Å²) in [5.41, 5.74) is 0.409. The molecule has 1 aromatic rings. The topological polar surface area (TPSA) is 49.8 Å². The van der Waals surface area contributed by atoms with Gasteiger partial charge in [-0.3, -0.25) is 0 Å². The van der Waals surface area contributed by atoms with E-state index >= 15 is 0 Å². The molecule has 1 aromatic carbocycles. The molecule has 5 heteroatoms. The molecule has 1 saturated heterocycles. The fourth-order valence-electron chi connectivity index (χ4n) is 2.61. The SMILES string of the molecule is CC(C)(C)OC(=O)N1C[C@@H](c2ccc(F)cc2)C[C@H]1CO. The van der Waals surface area contributed by atoms with Crippen LogP contribution in [0.25, 0.3) is 0 Å². The van der Waals surface area contributed by atoms with E-state index in [1.165, 1.54) is 12.1 Å². The van der Waals surface area contributed by atoms with Gasteiger partial charge in [-0.1, -0.05) is 12.1 Å². The lowest BCUT2D eigenvalue weighted by atomic mass is 9.96. The van der Waals surface area contributed by atoms with Gasteiger partial charge in [-0.05, 0) is 44.9 Å². The number of rotatable bonds is 2. The molecule has 1 aliphatic heterocycles. The van der Waals surface area contributed by atoms with Gasteiger partial charge in [0.25, 0.3) is 0 Å². The molecule has 0 bridgehead atoms. The predicted molar refractivity (Wildman–Crippen MR) is 77.6 cm³/mol. The van der Waals surface area contributed by atoms with E-state index in [0.29, 0.717) is 13.0 Å². The third-order valence-electron chi connectivity index (χ3n) is 3.59. The van der Waals surface area contributed by atoms with Crippen LogP contribution in [0, 0.1) is 5.82 Å². The van der Waals surface area contributed by atoms with Gasteiger partial charge in [-0.2, -0.15) is 0 Å². The van der Waals surface area contributed by atoms with E-state index in [1.54, 1.807) is 17.0 Å². The molecule has 0 aliphatic carbocycles. The average molecular weight is 295 g/mol. The Balaban J connectivity index is 2.10. The fourth-order valence-corrected chi connectivity index (χ4v) is 2.61. The van der Waals surface area contributed by atoms with Crippen LogP contribution in [-0.4, -0.2) is 40.9 Å². The van der Waals surface area contributed by atoms with Gasteiger partial charge in [-0.25, -0.2) is 9.18 Å². The highest BCUT2D eigenvalue weighted by molar-refractivity contribution is 5.69. The Morgan fingerprint density at radius 2 is 2.00 bits per heavy atom. The van der Waals surface area contributed by atoms with E-state index < -0.39 is 11.7 Å². The highest BCUT2D eigenvalue weighted by atomic mass is 19.1. The van der Waals surface area contributed by atoms with Crippen LogP contribution in [0.3, 0.4) is 0 Å². The standard InChI is InChI=1S/C16H22FNO3/c1-16(2,3)21-15(20)18-9-12(8-14(18)10-19)11-4-6-13(17)7-5-11/h4-7,12,14,19H,8-10H2,1-3H3/t12-,14-/m0/s1. The summed E-state index contributed by atoms with van der Waals surface area (Å²) in [6.45, 7) is 5.81. The second-order valence-corrected chi connectivity index (χ2v) is 6.45. The van der Waals surface area contributed by atoms with Gasteiger partial charge < -0.3 is 14.7 Å². The molecule has 1 heterocycles. The highest BCUT2D eigenvalue weighted by Gasteiger charge is 2.37. The molecule has 2 rings (SSSR count). The highest BCUT2D eigenvalue weighted by Crippen LogP contribution is 2.32. The lowest BCUT2D eigenvalue weighted by Crippen LogP contribution is -2.41. The number of likely N-dealkylation sites (tertiary alicyclic amines) is 1. The van der Waals surface area contributed by atoms with Gasteiger partial charge in [0.05, 0.1) is 12.6 Å². The maximum Gasteiger partial charge on any atom is 0.410 e. The van der Waals surface area contributed by atoms with E-state index in [9.17, 15) is 14.3 Å². The van der Waals surface area contributed by atoms with Gasteiger partial charge in [0, 0.05) is 12.5 Å². The zero-order chi connectivity index (χ0) is 15.6. The first kappa shape index (κ1) is 15.8. The van der Waals surface area contributed by atoms with Crippen LogP contribution >= 0.6 is 0 Å². The molecule has 1 amide bonds. The van der Waals surface area contributed by atoms with Crippen molar-refractivity contribution in [3.8, 4) is 0 Å². The molecule has 116 valence electrons. The van der Waals surface area contributed by atoms with E-state index in [1.807, 2.05) is 20.8 Å². The minimum absolute atomic E-state index is 0.0928. The summed E-state index contributed by atoms with van der Waals surface area (Å²) in [5.74, 6) is -0.185. The number of nitrogens with zero attached hydrogens (tertiary/aromatic N) is 1. The number of aliphatic hydroxyl groups excluding tert-OH is 1. The Morgan fingerprint density at radius 1 is 1.38 bits per heavy atom. The number of carbonyl (C=O) groups is 1. The number of halogens is 1. The smallest absolute Gasteiger partial charge is 0.410 e. The first-order chi connectivity index (χ1) is 9.80. The molecule has 1 fully saturated rings. The Labute approximate surface area is 124 Å². The van der Waals surface area contributed by atoms with Crippen molar-refractivity contribution in [1.82, 2.24) is 4.90 Å². The fraction of sp³-hybridized carbons (Fsp3) is 0.562. The average Bonchev–Trinajstić information content (AvgIpc) is 2.82. The summed E-state index contributed by atoms with van der Waals surface area (Å²) in [6.07, 6.45) is 0.243. The molecule has 0 radical (unpaired) electrons. The molecule has 1 N–H and O–H groups in total. The van der Waals surface area contributed by atoms with Crippen LogP contribution < -0.4 is 0 Å². The van der Waals surface area contributed by atoms with Crippen molar-refractivity contribution in [2.75, 3.05) is 13.2 Å². The van der Waals surface area contributed by atoms with Crippen molar-refractivity contribution >= 4 is 6.09 Å². The number of hydrogen-bond donors (Lipinski definition) is 1. The van der Waals surface area contributed by atoms with E-state index in [0.717, 1.165) is 5.56 Å². The molecule has 21 heavy (non-hydrogen) atoms. The first-order valence-electron chi connectivity index (χ1n) is 7.16. The van der Waals surface area contributed by atoms with Crippen LogP contribution in [0.1, 0.15) is 38.7 Å². The summed E-state index contributed by atoms with van der Waals surface area (Å²) in [5, 5.41) is 9.48. The van der Waals surface area contributed by atoms with Crippen LogP contribution in [-0.2, 0) is 4.74 Å². The van der Waals surface area contributed by atoms with Crippen LogP contribution in [0.5, 0.6) is 0 Å². The van der Waals surface area contributed by atoms with Crippen LogP contribution in [0.2, 0.25) is 0 Å². The quantitative estimate of drug-likeness (QED) is 0.912. The number of carbonyl (C=O) groups excluding carboxylic acids is 1. The predicted octanol–water partition coefficient (Wildman–Crippen LogP) is 2.91. The number of hydrogen-bond acceptors (Lipinski definition) is 3. The zero-order valence-corrected chi connectivity index (χ0v) is 12.7. The Kier molecular flexibility index (Phi) is 4.52. The van der Waals surface area contributed by atoms with Crippen molar-refractivity contribution in [1.29, 1.82) is 0 Å². The van der Waals surface area contributed by atoms with Crippen molar-refractivity contribution in [3.63, 3.8) is 0 Å². The number of ether oxygens (including phenoxy) is 1. The summed E-state index contributed by atoms with van der Waals surface area (Å²) in [4.78, 5) is 13.8. The monoisotopic (exact) mass is 295 g/mol. The first-order valence-corrected chi connectivity index (χ1v) is 7.16. The molecule has 4 nitrogen and oxygen atoms in total. The summed E-state index contributed by atoms with van der Waals surface area (Å²) in [7, 11) is 0. The van der Waals surface area contributed by atoms with Crippen molar-refractivity contribution < 1.29 is 19.0 Å². The molecular formula is C16H22FNO3. The van der Waals surface area contributed by atoms with Gasteiger partial charge in [-0.15, -0.1) is 0 Å². The van der Waals surface area contributed by atoms with Crippen LogP contribution in [0.4, 0.5) is 9.18 Å². The minimum atomic E-state index is -0.564. The lowest BCUT2D eigenvalue weighted by Gasteiger charge is -2.27. The second-order valence-electron chi connectivity index (χ2n) is 6.45. The summed E-state index contributed by atoms with van der Waals surface area (Å²) >= 11 is 0. The molecule has 0 saturated carbocycles. The Bertz CT molecular complexity index is 495. The van der Waals surface area contributed by atoms with Crippen molar-refractivity contribution in [2.45, 2.75) is 44.8 Å². The van der Waals surface area contributed by atoms with Crippen molar-refractivity contribution in [3.05, 3.63) is 35.6 Å². The Morgan fingerprint density at radius 3 is 2.52 bits per heavy atom. The number of aliphatic hydroxyl groups is 1. The minimum Gasteiger partial charge on any atom is -0.444 e. The van der Waals surface area contributed by atoms with Crippen LogP contribution in [0.15, 0.2) is 24.3 Å². The lowest BCUT2D eigenvalue weighted by molar-refractivity contribution is 0.0174. The number of benzene rings is 1. The normalized spacial score (nSPS) is 22.4. The summed E-state index contributed by atoms with van der Waals surface area (Å²) in [6, 6.07) is 6.04. The van der Waals surface area contributed by atoms with Gasteiger partial charge in [0.2, 0.25) is 0 Å². The van der Waals surface area contributed by atoms with Gasteiger partial charge >= 0.3 is 6.09 Å². The third kappa shape index (κ3) is 3.94. The Hall–Kier alpha value is -1.62. The van der Waals surface area contributed by atoms with Gasteiger partial charge in [0.15, 0.2) is 0 Å². The molecule has 2 atom stereocenters. The number of amides is 1. The zero-order valence-electron chi connectivity index (χ0n) is 12.7. The van der Waals surface area contributed by atoms with Crippen molar-refractivity contribution in [2.24, 2.45) is 0 Å². The van der Waals surface area contributed by atoms with E-state index in [2.05, 4.69) is 0 Å². The maximum absolute atomic E-state index is 13.0. The van der Waals surface area contributed by atoms with E-state index in [4.69, 9.17) is 4.74 Å².